The molecule has 0 unspecified atom stereocenters. The summed E-state index contributed by atoms with van der Waals surface area (Å²) in [4.78, 5) is 25.3. The summed E-state index contributed by atoms with van der Waals surface area (Å²) in [6.45, 7) is 0. The standard InChI is InChI=1S/C22H23N3O4S/c26-21(24-19-12-6-8-16-7-4-5-11-18(16)19)15-20-22(27)23-13-14-25(20)30(28,29)17-9-2-1-3-10-17/h1-5,7,9-11,13-14,19-20H,6,8,12,15H2,(H,23,27)(H,24,26)/t19-,20-/m1/s1. The Hall–Kier alpha value is -3.13. The maximum absolute atomic E-state index is 13.0. The maximum atomic E-state index is 13.0. The molecule has 2 atom stereocenters. The molecular formula is C22H23N3O4S. The third kappa shape index (κ3) is 3.95. The Morgan fingerprint density at radius 2 is 1.83 bits per heavy atom. The first-order valence-corrected chi connectivity index (χ1v) is 11.3. The van der Waals surface area contributed by atoms with Crippen molar-refractivity contribution in [3.05, 3.63) is 78.1 Å². The van der Waals surface area contributed by atoms with Crippen LogP contribution in [-0.2, 0) is 26.0 Å². The van der Waals surface area contributed by atoms with Gasteiger partial charge in [0, 0.05) is 12.4 Å². The van der Waals surface area contributed by atoms with Crippen molar-refractivity contribution in [3.63, 3.8) is 0 Å². The van der Waals surface area contributed by atoms with Crippen molar-refractivity contribution in [2.45, 2.75) is 42.7 Å². The van der Waals surface area contributed by atoms with Crippen molar-refractivity contribution in [2.24, 2.45) is 0 Å². The summed E-state index contributed by atoms with van der Waals surface area (Å²) in [5.41, 5.74) is 2.29. The third-order valence-corrected chi connectivity index (χ3v) is 7.26. The molecule has 0 bridgehead atoms. The topological polar surface area (TPSA) is 95.6 Å². The van der Waals surface area contributed by atoms with Gasteiger partial charge in [-0.05, 0) is 42.5 Å². The largest absolute Gasteiger partial charge is 0.349 e. The Bertz CT molecular complexity index is 1080. The average Bonchev–Trinajstić information content (AvgIpc) is 2.76. The minimum Gasteiger partial charge on any atom is -0.349 e. The summed E-state index contributed by atoms with van der Waals surface area (Å²) in [6, 6.07) is 14.6. The third-order valence-electron chi connectivity index (χ3n) is 5.46. The van der Waals surface area contributed by atoms with Gasteiger partial charge in [0.2, 0.25) is 11.8 Å². The van der Waals surface area contributed by atoms with Crippen molar-refractivity contribution in [1.82, 2.24) is 14.9 Å². The molecule has 1 heterocycles. The van der Waals surface area contributed by atoms with Gasteiger partial charge in [0.25, 0.3) is 10.0 Å². The van der Waals surface area contributed by atoms with E-state index in [9.17, 15) is 18.0 Å². The molecule has 1 aliphatic heterocycles. The zero-order valence-corrected chi connectivity index (χ0v) is 17.1. The van der Waals surface area contributed by atoms with E-state index in [0.29, 0.717) is 0 Å². The lowest BCUT2D eigenvalue weighted by Gasteiger charge is -2.32. The van der Waals surface area contributed by atoms with Crippen molar-refractivity contribution < 1.29 is 18.0 Å². The first kappa shape index (κ1) is 20.2. The molecule has 2 aliphatic rings. The molecule has 4 rings (SSSR count). The molecule has 0 radical (unpaired) electrons. The predicted octanol–water partition coefficient (Wildman–Crippen LogP) is 2.23. The lowest BCUT2D eigenvalue weighted by Crippen LogP contribution is -2.51. The first-order valence-electron chi connectivity index (χ1n) is 9.89. The van der Waals surface area contributed by atoms with Gasteiger partial charge in [-0.2, -0.15) is 0 Å². The predicted molar refractivity (Wildman–Crippen MR) is 111 cm³/mol. The van der Waals surface area contributed by atoms with Crippen LogP contribution in [0.3, 0.4) is 0 Å². The van der Waals surface area contributed by atoms with Gasteiger partial charge in [-0.1, -0.05) is 42.5 Å². The molecule has 30 heavy (non-hydrogen) atoms. The number of nitrogens with one attached hydrogen (secondary N) is 2. The van der Waals surface area contributed by atoms with E-state index in [0.717, 1.165) is 29.1 Å². The van der Waals surface area contributed by atoms with E-state index in [1.54, 1.807) is 18.2 Å². The molecule has 1 aliphatic carbocycles. The van der Waals surface area contributed by atoms with Gasteiger partial charge in [-0.3, -0.25) is 13.9 Å². The SMILES string of the molecule is O=C(C[C@@H]1C(=O)NC=CN1S(=O)(=O)c1ccccc1)N[C@@H]1CCCc2ccccc21. The summed E-state index contributed by atoms with van der Waals surface area (Å²) < 4.78 is 27.1. The molecule has 2 amide bonds. The lowest BCUT2D eigenvalue weighted by atomic mass is 9.87. The van der Waals surface area contributed by atoms with Gasteiger partial charge in [0.1, 0.15) is 6.04 Å². The minimum absolute atomic E-state index is 0.0657. The number of benzene rings is 2. The van der Waals surface area contributed by atoms with Crippen LogP contribution in [0, 0.1) is 0 Å². The van der Waals surface area contributed by atoms with Crippen LogP contribution in [0.5, 0.6) is 0 Å². The number of sulfonamides is 1. The highest BCUT2D eigenvalue weighted by atomic mass is 32.2. The summed E-state index contributed by atoms with van der Waals surface area (Å²) >= 11 is 0. The number of rotatable bonds is 5. The van der Waals surface area contributed by atoms with Crippen LogP contribution in [0.4, 0.5) is 0 Å². The molecule has 8 heteroatoms. The van der Waals surface area contributed by atoms with Gasteiger partial charge in [-0.25, -0.2) is 8.42 Å². The Morgan fingerprint density at radius 1 is 1.10 bits per heavy atom. The summed E-state index contributed by atoms with van der Waals surface area (Å²) in [7, 11) is -3.97. The number of carbonyl (C=O) groups is 2. The van der Waals surface area contributed by atoms with Crippen LogP contribution < -0.4 is 10.6 Å². The maximum Gasteiger partial charge on any atom is 0.264 e. The zero-order chi connectivity index (χ0) is 21.1. The van der Waals surface area contributed by atoms with Crippen molar-refractivity contribution >= 4 is 21.8 Å². The highest BCUT2D eigenvalue weighted by Crippen LogP contribution is 2.30. The second-order valence-electron chi connectivity index (χ2n) is 7.40. The Kier molecular flexibility index (Phi) is 5.59. The van der Waals surface area contributed by atoms with Crippen LogP contribution in [0.25, 0.3) is 0 Å². The van der Waals surface area contributed by atoms with Crippen LogP contribution in [0.1, 0.15) is 36.4 Å². The quantitative estimate of drug-likeness (QED) is 0.768. The van der Waals surface area contributed by atoms with Crippen molar-refractivity contribution in [3.8, 4) is 0 Å². The van der Waals surface area contributed by atoms with Crippen LogP contribution in [0.15, 0.2) is 71.9 Å². The molecule has 0 spiro atoms. The molecule has 7 nitrogen and oxygen atoms in total. The Balaban J connectivity index is 1.53. The number of hydrogen-bond donors (Lipinski definition) is 2. The summed E-state index contributed by atoms with van der Waals surface area (Å²) in [5.74, 6) is -0.892. The van der Waals surface area contributed by atoms with Crippen LogP contribution in [0.2, 0.25) is 0 Å². The van der Waals surface area contributed by atoms with Crippen molar-refractivity contribution in [2.75, 3.05) is 0 Å². The van der Waals surface area contributed by atoms with E-state index in [1.165, 1.54) is 30.1 Å². The number of carbonyl (C=O) groups excluding carboxylic acids is 2. The van der Waals surface area contributed by atoms with E-state index in [4.69, 9.17) is 0 Å². The fourth-order valence-corrected chi connectivity index (χ4v) is 5.46. The normalized spacial score (nSPS) is 20.9. The average molecular weight is 426 g/mol. The number of amides is 2. The second-order valence-corrected chi connectivity index (χ2v) is 9.25. The molecule has 0 fully saturated rings. The van der Waals surface area contributed by atoms with E-state index in [1.807, 2.05) is 18.2 Å². The van der Waals surface area contributed by atoms with Gasteiger partial charge in [0.15, 0.2) is 0 Å². The Labute approximate surface area is 175 Å². The van der Waals surface area contributed by atoms with Gasteiger partial charge in [-0.15, -0.1) is 0 Å². The first-order chi connectivity index (χ1) is 14.5. The monoisotopic (exact) mass is 425 g/mol. The van der Waals surface area contributed by atoms with E-state index in [-0.39, 0.29) is 23.3 Å². The van der Waals surface area contributed by atoms with Gasteiger partial charge < -0.3 is 10.6 Å². The zero-order valence-electron chi connectivity index (χ0n) is 16.3. The number of fused-ring (bicyclic) bond motifs is 1. The number of hydrogen-bond acceptors (Lipinski definition) is 4. The summed E-state index contributed by atoms with van der Waals surface area (Å²) in [6.07, 6.45) is 5.04. The smallest absolute Gasteiger partial charge is 0.264 e. The van der Waals surface area contributed by atoms with E-state index in [2.05, 4.69) is 16.7 Å². The summed E-state index contributed by atoms with van der Waals surface area (Å²) in [5, 5.41) is 5.49. The molecule has 0 aromatic heterocycles. The van der Waals surface area contributed by atoms with E-state index < -0.39 is 22.0 Å². The van der Waals surface area contributed by atoms with Gasteiger partial charge in [0.05, 0.1) is 17.4 Å². The molecule has 2 aromatic carbocycles. The fraction of sp³-hybridized carbons (Fsp3) is 0.273. The minimum atomic E-state index is -3.97. The fourth-order valence-electron chi connectivity index (χ4n) is 3.99. The highest BCUT2D eigenvalue weighted by Gasteiger charge is 2.37. The molecule has 2 N–H and O–H groups in total. The molecular weight excluding hydrogens is 402 g/mol. The molecule has 2 aromatic rings. The molecule has 0 saturated carbocycles. The number of nitrogens with zero attached hydrogens (tertiary/aromatic N) is 1. The molecule has 0 saturated heterocycles. The van der Waals surface area contributed by atoms with Crippen molar-refractivity contribution in [1.29, 1.82) is 0 Å². The lowest BCUT2D eigenvalue weighted by molar-refractivity contribution is -0.129. The molecule has 156 valence electrons. The van der Waals surface area contributed by atoms with Crippen LogP contribution >= 0.6 is 0 Å². The number of aryl methyl sites for hydroxylation is 1. The second kappa shape index (κ2) is 8.31. The highest BCUT2D eigenvalue weighted by molar-refractivity contribution is 7.89. The van der Waals surface area contributed by atoms with Gasteiger partial charge >= 0.3 is 0 Å². The Morgan fingerprint density at radius 3 is 2.63 bits per heavy atom. The van der Waals surface area contributed by atoms with Crippen LogP contribution in [-0.4, -0.2) is 30.6 Å². The van der Waals surface area contributed by atoms with E-state index >= 15 is 0 Å².